The molecule has 0 aliphatic heterocycles. The molecule has 1 rings (SSSR count). The van der Waals surface area contributed by atoms with Crippen molar-refractivity contribution < 1.29 is 13.5 Å². The van der Waals surface area contributed by atoms with Crippen LogP contribution in [-0.2, 0) is 22.4 Å². The number of nitrogens with zero attached hydrogens (tertiary/aromatic N) is 1. The van der Waals surface area contributed by atoms with Crippen molar-refractivity contribution in [3.05, 3.63) is 35.4 Å². The Kier molecular flexibility index (Phi) is 7.35. The van der Waals surface area contributed by atoms with Crippen molar-refractivity contribution in [3.8, 4) is 0 Å². The van der Waals surface area contributed by atoms with Gasteiger partial charge in [-0.25, -0.2) is 8.42 Å². The molecule has 4 nitrogen and oxygen atoms in total. The minimum atomic E-state index is -3.30. The molecule has 0 bridgehead atoms. The first-order chi connectivity index (χ1) is 9.90. The van der Waals surface area contributed by atoms with Crippen molar-refractivity contribution >= 4 is 10.0 Å². The molecular weight excluding hydrogens is 286 g/mol. The van der Waals surface area contributed by atoms with E-state index < -0.39 is 10.0 Å². The predicted octanol–water partition coefficient (Wildman–Crippen LogP) is 2.91. The fraction of sp³-hybridized carbons (Fsp3) is 0.625. The Hall–Kier alpha value is -0.910. The van der Waals surface area contributed by atoms with E-state index in [1.165, 1.54) is 0 Å². The fourth-order valence-electron chi connectivity index (χ4n) is 2.27. The van der Waals surface area contributed by atoms with E-state index in [0.717, 1.165) is 30.4 Å². The Morgan fingerprint density at radius 2 is 1.67 bits per heavy atom. The van der Waals surface area contributed by atoms with Gasteiger partial charge in [-0.2, -0.15) is 4.31 Å². The molecule has 21 heavy (non-hydrogen) atoms. The number of hydrogen-bond acceptors (Lipinski definition) is 3. The van der Waals surface area contributed by atoms with E-state index in [2.05, 4.69) is 6.92 Å². The highest BCUT2D eigenvalue weighted by Crippen LogP contribution is 2.16. The van der Waals surface area contributed by atoms with E-state index in [-0.39, 0.29) is 18.4 Å². The Morgan fingerprint density at radius 3 is 2.14 bits per heavy atom. The van der Waals surface area contributed by atoms with Crippen LogP contribution in [0.1, 0.15) is 51.2 Å². The van der Waals surface area contributed by atoms with Gasteiger partial charge in [-0.15, -0.1) is 0 Å². The van der Waals surface area contributed by atoms with Gasteiger partial charge in [0.05, 0.1) is 12.4 Å². The van der Waals surface area contributed by atoms with E-state index in [4.69, 9.17) is 5.11 Å². The summed E-state index contributed by atoms with van der Waals surface area (Å²) in [5.41, 5.74) is 1.55. The molecule has 0 spiro atoms. The number of benzene rings is 1. The quantitative estimate of drug-likeness (QED) is 0.713. The van der Waals surface area contributed by atoms with Crippen molar-refractivity contribution in [2.24, 2.45) is 0 Å². The Labute approximate surface area is 128 Å². The monoisotopic (exact) mass is 313 g/mol. The van der Waals surface area contributed by atoms with Crippen LogP contribution >= 0.6 is 0 Å². The third-order valence-corrected chi connectivity index (χ3v) is 5.49. The lowest BCUT2D eigenvalue weighted by Crippen LogP contribution is -2.38. The minimum Gasteiger partial charge on any atom is -0.392 e. The van der Waals surface area contributed by atoms with Gasteiger partial charge in [-0.1, -0.05) is 44.0 Å². The largest absolute Gasteiger partial charge is 0.392 e. The molecule has 0 heterocycles. The highest BCUT2D eigenvalue weighted by molar-refractivity contribution is 7.88. The number of unbranched alkanes of at least 4 members (excludes halogenated alkanes) is 2. The molecule has 0 amide bonds. The van der Waals surface area contributed by atoms with Crippen LogP contribution in [0.3, 0.4) is 0 Å². The summed E-state index contributed by atoms with van der Waals surface area (Å²) in [4.78, 5) is 0. The van der Waals surface area contributed by atoms with E-state index >= 15 is 0 Å². The molecule has 1 N–H and O–H groups in total. The highest BCUT2D eigenvalue weighted by atomic mass is 32.2. The Balaban J connectivity index is 2.79. The van der Waals surface area contributed by atoms with Gasteiger partial charge in [0.25, 0.3) is 0 Å². The van der Waals surface area contributed by atoms with E-state index in [1.54, 1.807) is 28.6 Å². The molecule has 0 saturated carbocycles. The first-order valence-corrected chi connectivity index (χ1v) is 9.19. The van der Waals surface area contributed by atoms with Gasteiger partial charge in [0, 0.05) is 12.6 Å². The summed E-state index contributed by atoms with van der Waals surface area (Å²) in [5.74, 6) is 0.0169. The lowest BCUT2D eigenvalue weighted by Gasteiger charge is -2.26. The first-order valence-electron chi connectivity index (χ1n) is 7.59. The van der Waals surface area contributed by atoms with Crippen LogP contribution in [0.25, 0.3) is 0 Å². The summed E-state index contributed by atoms with van der Waals surface area (Å²) in [6.45, 7) is 6.50. The first kappa shape index (κ1) is 18.1. The standard InChI is InChI=1S/C16H27NO3S/c1-4-5-6-11-17(14(2)3)21(19,20)13-16-9-7-15(12-18)8-10-16/h7-10,14,18H,4-6,11-13H2,1-3H3. The molecule has 0 aliphatic rings. The van der Waals surface area contributed by atoms with E-state index in [9.17, 15) is 8.42 Å². The van der Waals surface area contributed by atoms with Gasteiger partial charge in [0.15, 0.2) is 0 Å². The molecule has 0 radical (unpaired) electrons. The molecule has 1 aromatic carbocycles. The lowest BCUT2D eigenvalue weighted by atomic mass is 10.2. The van der Waals surface area contributed by atoms with Crippen LogP contribution in [0.5, 0.6) is 0 Å². The molecule has 0 fully saturated rings. The summed E-state index contributed by atoms with van der Waals surface area (Å²) in [6.07, 6.45) is 3.02. The van der Waals surface area contributed by atoms with E-state index in [1.807, 2.05) is 13.8 Å². The van der Waals surface area contributed by atoms with Crippen LogP contribution in [0.2, 0.25) is 0 Å². The third-order valence-electron chi connectivity index (χ3n) is 3.47. The zero-order valence-corrected chi connectivity index (χ0v) is 14.1. The van der Waals surface area contributed by atoms with Gasteiger partial charge < -0.3 is 5.11 Å². The average molecular weight is 313 g/mol. The molecule has 0 unspecified atom stereocenters. The summed E-state index contributed by atoms with van der Waals surface area (Å²) >= 11 is 0. The molecule has 1 aromatic rings. The molecule has 0 atom stereocenters. The summed E-state index contributed by atoms with van der Waals surface area (Å²) < 4.78 is 26.7. The molecule has 5 heteroatoms. The molecular formula is C16H27NO3S. The number of rotatable bonds is 9. The van der Waals surface area contributed by atoms with E-state index in [0.29, 0.717) is 6.54 Å². The van der Waals surface area contributed by atoms with Gasteiger partial charge in [-0.3, -0.25) is 0 Å². The molecule has 0 aliphatic carbocycles. The Morgan fingerprint density at radius 1 is 1.10 bits per heavy atom. The van der Waals surface area contributed by atoms with Crippen molar-refractivity contribution in [3.63, 3.8) is 0 Å². The predicted molar refractivity (Wildman–Crippen MR) is 86.4 cm³/mol. The second-order valence-corrected chi connectivity index (χ2v) is 7.56. The Bertz CT molecular complexity index is 509. The smallest absolute Gasteiger partial charge is 0.218 e. The van der Waals surface area contributed by atoms with Crippen LogP contribution in [0.15, 0.2) is 24.3 Å². The molecule has 0 saturated heterocycles. The van der Waals surface area contributed by atoms with Gasteiger partial charge in [0.1, 0.15) is 0 Å². The number of aliphatic hydroxyl groups is 1. The average Bonchev–Trinajstić information content (AvgIpc) is 2.43. The van der Waals surface area contributed by atoms with Crippen molar-refractivity contribution in [2.75, 3.05) is 6.54 Å². The second kappa shape index (κ2) is 8.51. The minimum absolute atomic E-state index is 0.0169. The number of sulfonamides is 1. The van der Waals surface area contributed by atoms with Crippen molar-refractivity contribution in [1.29, 1.82) is 0 Å². The van der Waals surface area contributed by atoms with Crippen LogP contribution in [-0.4, -0.2) is 30.4 Å². The summed E-state index contributed by atoms with van der Waals surface area (Å²) in [6, 6.07) is 7.05. The maximum atomic E-state index is 12.6. The van der Waals surface area contributed by atoms with Crippen molar-refractivity contribution in [2.45, 2.75) is 58.4 Å². The number of aliphatic hydroxyl groups excluding tert-OH is 1. The fourth-order valence-corrected chi connectivity index (χ4v) is 4.10. The van der Waals surface area contributed by atoms with Crippen LogP contribution < -0.4 is 0 Å². The van der Waals surface area contributed by atoms with Crippen LogP contribution in [0.4, 0.5) is 0 Å². The highest BCUT2D eigenvalue weighted by Gasteiger charge is 2.24. The zero-order chi connectivity index (χ0) is 15.9. The van der Waals surface area contributed by atoms with Gasteiger partial charge in [0.2, 0.25) is 10.0 Å². The van der Waals surface area contributed by atoms with Crippen LogP contribution in [0, 0.1) is 0 Å². The second-order valence-electron chi connectivity index (χ2n) is 5.64. The summed E-state index contributed by atoms with van der Waals surface area (Å²) in [5, 5.41) is 9.02. The molecule has 120 valence electrons. The van der Waals surface area contributed by atoms with Gasteiger partial charge >= 0.3 is 0 Å². The maximum Gasteiger partial charge on any atom is 0.218 e. The lowest BCUT2D eigenvalue weighted by molar-refractivity contribution is 0.282. The topological polar surface area (TPSA) is 57.6 Å². The van der Waals surface area contributed by atoms with Crippen molar-refractivity contribution in [1.82, 2.24) is 4.31 Å². The number of hydrogen-bond donors (Lipinski definition) is 1. The normalized spacial score (nSPS) is 12.3. The third kappa shape index (κ3) is 5.77. The maximum absolute atomic E-state index is 12.6. The summed E-state index contributed by atoms with van der Waals surface area (Å²) in [7, 11) is -3.30. The zero-order valence-electron chi connectivity index (χ0n) is 13.2. The molecule has 0 aromatic heterocycles. The van der Waals surface area contributed by atoms with Gasteiger partial charge in [-0.05, 0) is 31.4 Å². The SMILES string of the molecule is CCCCCN(C(C)C)S(=O)(=O)Cc1ccc(CO)cc1.